The van der Waals surface area contributed by atoms with Crippen molar-refractivity contribution in [3.8, 4) is 0 Å². The van der Waals surface area contributed by atoms with Crippen molar-refractivity contribution in [2.45, 2.75) is 6.10 Å². The molecule has 0 spiro atoms. The lowest BCUT2D eigenvalue weighted by Crippen LogP contribution is -2.34. The molecule has 1 amide bonds. The van der Waals surface area contributed by atoms with E-state index < -0.39 is 6.10 Å². The third-order valence-corrected chi connectivity index (χ3v) is 4.45. The van der Waals surface area contributed by atoms with E-state index in [4.69, 9.17) is 0 Å². The van der Waals surface area contributed by atoms with Crippen molar-refractivity contribution in [1.82, 2.24) is 25.2 Å². The Kier molecular flexibility index (Phi) is 3.55. The van der Waals surface area contributed by atoms with Crippen LogP contribution in [0.25, 0.3) is 16.6 Å². The number of aromatic nitrogens is 3. The molecule has 1 fully saturated rings. The second-order valence-electron chi connectivity index (χ2n) is 5.99. The van der Waals surface area contributed by atoms with Crippen LogP contribution in [0.2, 0.25) is 0 Å². The Bertz CT molecular complexity index is 977. The van der Waals surface area contributed by atoms with E-state index in [-0.39, 0.29) is 17.4 Å². The molecular formula is C16H17N5O3. The van der Waals surface area contributed by atoms with Gasteiger partial charge in [0.1, 0.15) is 11.2 Å². The fourth-order valence-corrected chi connectivity index (χ4v) is 3.09. The largest absolute Gasteiger partial charge is 0.391 e. The van der Waals surface area contributed by atoms with E-state index in [0.717, 1.165) is 0 Å². The number of nitrogens with zero attached hydrogens (tertiary/aromatic N) is 2. The maximum Gasteiger partial charge on any atom is 0.259 e. The Morgan fingerprint density at radius 1 is 1.38 bits per heavy atom. The SMILES string of the molecule is O=C(NCC1CNCC1O)c1cnn2c1[nH]c(=O)c1ccccc12. The molecule has 0 aliphatic carbocycles. The molecule has 1 aliphatic rings. The highest BCUT2D eigenvalue weighted by atomic mass is 16.3. The van der Waals surface area contributed by atoms with Gasteiger partial charge < -0.3 is 20.7 Å². The van der Waals surface area contributed by atoms with Gasteiger partial charge in [-0.25, -0.2) is 4.52 Å². The Hall–Kier alpha value is -2.71. The summed E-state index contributed by atoms with van der Waals surface area (Å²) in [7, 11) is 0. The average Bonchev–Trinajstić information content (AvgIpc) is 3.19. The van der Waals surface area contributed by atoms with E-state index in [0.29, 0.717) is 41.7 Å². The number of hydrogen-bond donors (Lipinski definition) is 4. The number of carbonyl (C=O) groups excluding carboxylic acids is 1. The number of para-hydroxylation sites is 1. The third-order valence-electron chi connectivity index (χ3n) is 4.45. The van der Waals surface area contributed by atoms with Crippen LogP contribution in [0.15, 0.2) is 35.3 Å². The fraction of sp³-hybridized carbons (Fsp3) is 0.312. The van der Waals surface area contributed by atoms with Gasteiger partial charge in [0.05, 0.1) is 23.2 Å². The van der Waals surface area contributed by atoms with Crippen LogP contribution in [-0.2, 0) is 0 Å². The number of nitrogens with one attached hydrogen (secondary N) is 3. The van der Waals surface area contributed by atoms with Crippen LogP contribution in [0.5, 0.6) is 0 Å². The first-order valence-corrected chi connectivity index (χ1v) is 7.81. The van der Waals surface area contributed by atoms with Gasteiger partial charge in [-0.3, -0.25) is 9.59 Å². The van der Waals surface area contributed by atoms with Crippen molar-refractivity contribution in [2.75, 3.05) is 19.6 Å². The molecule has 8 heteroatoms. The number of amides is 1. The van der Waals surface area contributed by atoms with Gasteiger partial charge >= 0.3 is 0 Å². The van der Waals surface area contributed by atoms with Crippen LogP contribution in [0.4, 0.5) is 0 Å². The molecular weight excluding hydrogens is 310 g/mol. The summed E-state index contributed by atoms with van der Waals surface area (Å²) in [6, 6.07) is 7.09. The molecule has 4 rings (SSSR count). The predicted octanol–water partition coefficient (Wildman–Crippen LogP) is -0.514. The highest BCUT2D eigenvalue weighted by Crippen LogP contribution is 2.14. The van der Waals surface area contributed by atoms with Gasteiger partial charge in [0, 0.05) is 25.6 Å². The van der Waals surface area contributed by atoms with E-state index in [9.17, 15) is 14.7 Å². The summed E-state index contributed by atoms with van der Waals surface area (Å²) in [6.07, 6.45) is 0.981. The summed E-state index contributed by atoms with van der Waals surface area (Å²) in [5.74, 6) is -0.342. The molecule has 1 aliphatic heterocycles. The summed E-state index contributed by atoms with van der Waals surface area (Å²) in [6.45, 7) is 1.57. The van der Waals surface area contributed by atoms with E-state index in [1.54, 1.807) is 22.7 Å². The number of fused-ring (bicyclic) bond motifs is 3. The molecule has 0 radical (unpaired) electrons. The fourth-order valence-electron chi connectivity index (χ4n) is 3.09. The monoisotopic (exact) mass is 327 g/mol. The van der Waals surface area contributed by atoms with Crippen LogP contribution >= 0.6 is 0 Å². The number of H-pyrrole nitrogens is 1. The Labute approximate surface area is 136 Å². The molecule has 0 saturated carbocycles. The first-order chi connectivity index (χ1) is 11.6. The Morgan fingerprint density at radius 3 is 3.00 bits per heavy atom. The molecule has 2 aromatic heterocycles. The number of aliphatic hydroxyl groups is 1. The number of rotatable bonds is 3. The van der Waals surface area contributed by atoms with Gasteiger partial charge in [0.2, 0.25) is 0 Å². The highest BCUT2D eigenvalue weighted by Gasteiger charge is 2.25. The van der Waals surface area contributed by atoms with Crippen LogP contribution in [0, 0.1) is 5.92 Å². The molecule has 3 heterocycles. The molecule has 2 unspecified atom stereocenters. The topological polar surface area (TPSA) is 112 Å². The average molecular weight is 327 g/mol. The second-order valence-corrected chi connectivity index (χ2v) is 5.99. The van der Waals surface area contributed by atoms with Crippen molar-refractivity contribution in [1.29, 1.82) is 0 Å². The zero-order valence-corrected chi connectivity index (χ0v) is 12.8. The zero-order valence-electron chi connectivity index (χ0n) is 12.8. The standard InChI is InChI=1S/C16H17N5O3/c22-13-8-17-5-9(13)6-18-15(23)11-7-19-21-12-4-2-1-3-10(12)16(24)20-14(11)21/h1-4,7,9,13,17,22H,5-6,8H2,(H,18,23)(H,20,24). The molecule has 124 valence electrons. The number of β-amino-alcohol motifs (C(OH)–C–C–N with tert-alkyl or cyclic N) is 1. The minimum absolute atomic E-state index is 0.0179. The zero-order chi connectivity index (χ0) is 16.7. The van der Waals surface area contributed by atoms with Crippen molar-refractivity contribution < 1.29 is 9.90 Å². The normalized spacial score (nSPS) is 20.7. The molecule has 1 saturated heterocycles. The van der Waals surface area contributed by atoms with Crippen molar-refractivity contribution in [2.24, 2.45) is 5.92 Å². The van der Waals surface area contributed by atoms with Crippen LogP contribution in [0.1, 0.15) is 10.4 Å². The van der Waals surface area contributed by atoms with Crippen molar-refractivity contribution in [3.63, 3.8) is 0 Å². The van der Waals surface area contributed by atoms with Gasteiger partial charge in [-0.05, 0) is 12.1 Å². The van der Waals surface area contributed by atoms with E-state index in [1.807, 2.05) is 6.07 Å². The number of carbonyl (C=O) groups is 1. The molecule has 4 N–H and O–H groups in total. The molecule has 8 nitrogen and oxygen atoms in total. The van der Waals surface area contributed by atoms with Crippen molar-refractivity contribution in [3.05, 3.63) is 46.4 Å². The van der Waals surface area contributed by atoms with Gasteiger partial charge in [0.25, 0.3) is 11.5 Å². The van der Waals surface area contributed by atoms with E-state index in [1.165, 1.54) is 6.20 Å². The van der Waals surface area contributed by atoms with Crippen LogP contribution < -0.4 is 16.2 Å². The van der Waals surface area contributed by atoms with Crippen molar-refractivity contribution >= 4 is 22.5 Å². The maximum atomic E-state index is 12.4. The lowest BCUT2D eigenvalue weighted by atomic mass is 10.1. The predicted molar refractivity (Wildman–Crippen MR) is 88.0 cm³/mol. The molecule has 2 atom stereocenters. The summed E-state index contributed by atoms with van der Waals surface area (Å²) in [5, 5.41) is 20.4. The smallest absolute Gasteiger partial charge is 0.259 e. The lowest BCUT2D eigenvalue weighted by molar-refractivity contribution is 0.0928. The number of aromatic amines is 1. The molecule has 24 heavy (non-hydrogen) atoms. The van der Waals surface area contributed by atoms with Crippen LogP contribution in [-0.4, -0.2) is 51.4 Å². The lowest BCUT2D eigenvalue weighted by Gasteiger charge is -2.13. The Morgan fingerprint density at radius 2 is 2.21 bits per heavy atom. The Balaban J connectivity index is 1.67. The third kappa shape index (κ3) is 2.36. The maximum absolute atomic E-state index is 12.4. The molecule has 3 aromatic rings. The van der Waals surface area contributed by atoms with Crippen LogP contribution in [0.3, 0.4) is 0 Å². The van der Waals surface area contributed by atoms with Gasteiger partial charge in [-0.1, -0.05) is 12.1 Å². The molecule has 0 bridgehead atoms. The van der Waals surface area contributed by atoms with Gasteiger partial charge in [-0.2, -0.15) is 5.10 Å². The first-order valence-electron chi connectivity index (χ1n) is 7.81. The van der Waals surface area contributed by atoms with Gasteiger partial charge in [0.15, 0.2) is 0 Å². The quantitative estimate of drug-likeness (QED) is 0.517. The number of hydrogen-bond acceptors (Lipinski definition) is 5. The van der Waals surface area contributed by atoms with Gasteiger partial charge in [-0.15, -0.1) is 0 Å². The highest BCUT2D eigenvalue weighted by molar-refractivity contribution is 6.00. The minimum Gasteiger partial charge on any atom is -0.391 e. The minimum atomic E-state index is -0.460. The van der Waals surface area contributed by atoms with E-state index >= 15 is 0 Å². The summed E-state index contributed by atoms with van der Waals surface area (Å²) in [5.41, 5.74) is 1.05. The summed E-state index contributed by atoms with van der Waals surface area (Å²) < 4.78 is 1.55. The number of benzene rings is 1. The number of aliphatic hydroxyl groups excluding tert-OH is 1. The first kappa shape index (κ1) is 14.9. The van der Waals surface area contributed by atoms with E-state index in [2.05, 4.69) is 20.7 Å². The second kappa shape index (κ2) is 5.73. The summed E-state index contributed by atoms with van der Waals surface area (Å²) >= 11 is 0. The summed E-state index contributed by atoms with van der Waals surface area (Å²) in [4.78, 5) is 27.4. The molecule has 1 aromatic carbocycles.